The monoisotopic (exact) mass is 228 g/mol. The molecule has 2 atom stereocenters. The van der Waals surface area contributed by atoms with Crippen molar-refractivity contribution in [3.8, 4) is 0 Å². The van der Waals surface area contributed by atoms with Gasteiger partial charge in [0.05, 0.1) is 0 Å². The molecule has 0 saturated carbocycles. The third-order valence-electron chi connectivity index (χ3n) is 2.64. The Bertz CT molecular complexity index is 232. The predicted molar refractivity (Wildman–Crippen MR) is 65.1 cm³/mol. The van der Waals surface area contributed by atoms with E-state index in [0.29, 0.717) is 10.8 Å². The average Bonchev–Trinajstić information content (AvgIpc) is 2.26. The van der Waals surface area contributed by atoms with Crippen LogP contribution in [0.2, 0.25) is 0 Å². The fraction of sp³-hybridized carbons (Fsp3) is 0.750. The Morgan fingerprint density at radius 3 is 2.80 bits per heavy atom. The molecule has 15 heavy (non-hydrogen) atoms. The predicted octanol–water partition coefficient (Wildman–Crippen LogP) is 3.17. The van der Waals surface area contributed by atoms with Gasteiger partial charge in [-0.15, -0.1) is 0 Å². The summed E-state index contributed by atoms with van der Waals surface area (Å²) in [7, 11) is 0. The molecule has 1 aliphatic rings. The minimum absolute atomic E-state index is 0.0690. The summed E-state index contributed by atoms with van der Waals surface area (Å²) in [5.74, 6) is 0.958. The zero-order chi connectivity index (χ0) is 11.3. The summed E-state index contributed by atoms with van der Waals surface area (Å²) in [5.41, 5.74) is 0.495. The van der Waals surface area contributed by atoms with E-state index in [9.17, 15) is 4.79 Å². The summed E-state index contributed by atoms with van der Waals surface area (Å²) >= 11 is 1.94. The van der Waals surface area contributed by atoms with Crippen LogP contribution >= 0.6 is 11.8 Å². The van der Waals surface area contributed by atoms with Crippen molar-refractivity contribution >= 4 is 17.7 Å². The number of hydrogen-bond acceptors (Lipinski definition) is 3. The lowest BCUT2D eigenvalue weighted by molar-refractivity contribution is -0.144. The highest BCUT2D eigenvalue weighted by Gasteiger charge is 2.26. The molecule has 0 bridgehead atoms. The highest BCUT2D eigenvalue weighted by molar-refractivity contribution is 8.00. The number of esters is 1. The molecule has 3 heteroatoms. The first-order chi connectivity index (χ1) is 7.15. The van der Waals surface area contributed by atoms with Crippen LogP contribution in [0.4, 0.5) is 0 Å². The summed E-state index contributed by atoms with van der Waals surface area (Å²) in [6.45, 7) is 7.38. The number of carbonyl (C=O) groups is 1. The number of carbonyl (C=O) groups excluding carboxylic acids is 1. The lowest BCUT2D eigenvalue weighted by atomic mass is 10.1. The smallest absolute Gasteiger partial charge is 0.333 e. The van der Waals surface area contributed by atoms with Gasteiger partial charge in [0.2, 0.25) is 0 Å². The number of thioether (sulfide) groups is 1. The van der Waals surface area contributed by atoms with Crippen molar-refractivity contribution in [2.75, 3.05) is 5.75 Å². The molecule has 1 saturated heterocycles. The van der Waals surface area contributed by atoms with E-state index >= 15 is 0 Å². The van der Waals surface area contributed by atoms with E-state index in [1.807, 2.05) is 11.8 Å². The Hall–Kier alpha value is -0.440. The summed E-state index contributed by atoms with van der Waals surface area (Å²) in [6, 6.07) is 0. The first kappa shape index (κ1) is 12.6. The quantitative estimate of drug-likeness (QED) is 0.546. The van der Waals surface area contributed by atoms with Crippen molar-refractivity contribution in [1.29, 1.82) is 0 Å². The maximum atomic E-state index is 11.4. The number of hydrogen-bond donors (Lipinski definition) is 0. The first-order valence-electron chi connectivity index (χ1n) is 5.63. The molecule has 2 unspecified atom stereocenters. The zero-order valence-electron chi connectivity index (χ0n) is 9.62. The first-order valence-corrected chi connectivity index (χ1v) is 6.68. The fourth-order valence-corrected chi connectivity index (χ4v) is 3.19. The van der Waals surface area contributed by atoms with Crippen LogP contribution in [0.15, 0.2) is 12.2 Å². The van der Waals surface area contributed by atoms with E-state index in [-0.39, 0.29) is 12.1 Å². The highest BCUT2D eigenvalue weighted by atomic mass is 32.2. The standard InChI is InChI=1S/C12H20O2S/c1-4-10(14-12(13)9(2)3)11-7-5-6-8-15-11/h10-11H,2,4-8H2,1,3H3. The van der Waals surface area contributed by atoms with Crippen molar-refractivity contribution in [3.63, 3.8) is 0 Å². The number of ether oxygens (including phenoxy) is 1. The second-order valence-electron chi connectivity index (χ2n) is 4.04. The summed E-state index contributed by atoms with van der Waals surface area (Å²) in [6.07, 6.45) is 4.70. The second-order valence-corrected chi connectivity index (χ2v) is 5.38. The van der Waals surface area contributed by atoms with Gasteiger partial charge in [-0.2, -0.15) is 11.8 Å². The van der Waals surface area contributed by atoms with Gasteiger partial charge >= 0.3 is 5.97 Å². The molecular formula is C12H20O2S. The molecule has 86 valence electrons. The van der Waals surface area contributed by atoms with Crippen molar-refractivity contribution in [3.05, 3.63) is 12.2 Å². The molecule has 0 aromatic heterocycles. The van der Waals surface area contributed by atoms with Gasteiger partial charge in [0.25, 0.3) is 0 Å². The summed E-state index contributed by atoms with van der Waals surface area (Å²) < 4.78 is 5.44. The topological polar surface area (TPSA) is 26.3 Å². The maximum absolute atomic E-state index is 11.4. The van der Waals surface area contributed by atoms with E-state index in [1.54, 1.807) is 6.92 Å². The summed E-state index contributed by atoms with van der Waals surface area (Å²) in [5, 5.41) is 0.493. The van der Waals surface area contributed by atoms with Crippen molar-refractivity contribution in [1.82, 2.24) is 0 Å². The average molecular weight is 228 g/mol. The molecule has 1 heterocycles. The normalized spacial score (nSPS) is 23.2. The van der Waals surface area contributed by atoms with Crippen LogP contribution in [-0.2, 0) is 9.53 Å². The van der Waals surface area contributed by atoms with E-state index < -0.39 is 0 Å². The van der Waals surface area contributed by atoms with Gasteiger partial charge in [-0.25, -0.2) is 4.79 Å². The van der Waals surface area contributed by atoms with Crippen LogP contribution in [0.3, 0.4) is 0 Å². The Balaban J connectivity index is 2.46. The van der Waals surface area contributed by atoms with Gasteiger partial charge in [-0.1, -0.05) is 19.9 Å². The minimum Gasteiger partial charge on any atom is -0.458 e. The van der Waals surface area contributed by atoms with Gasteiger partial charge < -0.3 is 4.74 Å². The van der Waals surface area contributed by atoms with E-state index in [4.69, 9.17) is 4.74 Å². The molecule has 1 rings (SSSR count). The zero-order valence-corrected chi connectivity index (χ0v) is 10.4. The molecule has 0 amide bonds. The Morgan fingerprint density at radius 2 is 2.33 bits per heavy atom. The minimum atomic E-state index is -0.243. The van der Waals surface area contributed by atoms with Gasteiger partial charge in [0.15, 0.2) is 0 Å². The van der Waals surface area contributed by atoms with Crippen molar-refractivity contribution in [2.24, 2.45) is 0 Å². The van der Waals surface area contributed by atoms with Crippen LogP contribution in [-0.4, -0.2) is 23.1 Å². The molecule has 0 aliphatic carbocycles. The highest BCUT2D eigenvalue weighted by Crippen LogP contribution is 2.30. The van der Waals surface area contributed by atoms with Gasteiger partial charge in [0, 0.05) is 10.8 Å². The van der Waals surface area contributed by atoms with E-state index in [1.165, 1.54) is 25.0 Å². The Kier molecular flexibility index (Phi) is 5.23. The van der Waals surface area contributed by atoms with Crippen molar-refractivity contribution in [2.45, 2.75) is 50.9 Å². The molecule has 2 nitrogen and oxygen atoms in total. The third kappa shape index (κ3) is 3.90. The van der Waals surface area contributed by atoms with Crippen LogP contribution in [0.1, 0.15) is 39.5 Å². The van der Waals surface area contributed by atoms with Gasteiger partial charge in [-0.3, -0.25) is 0 Å². The molecule has 0 aromatic carbocycles. The molecule has 1 fully saturated rings. The van der Waals surface area contributed by atoms with Crippen LogP contribution in [0.5, 0.6) is 0 Å². The van der Waals surface area contributed by atoms with Gasteiger partial charge in [0.1, 0.15) is 6.10 Å². The number of rotatable bonds is 4. The second kappa shape index (κ2) is 6.21. The molecule has 0 N–H and O–H groups in total. The van der Waals surface area contributed by atoms with Crippen LogP contribution in [0.25, 0.3) is 0 Å². The Morgan fingerprint density at radius 1 is 1.60 bits per heavy atom. The Labute approximate surface area is 96.5 Å². The molecule has 1 aliphatic heterocycles. The molecular weight excluding hydrogens is 208 g/mol. The van der Waals surface area contributed by atoms with E-state index in [2.05, 4.69) is 13.5 Å². The summed E-state index contributed by atoms with van der Waals surface area (Å²) in [4.78, 5) is 11.4. The van der Waals surface area contributed by atoms with Crippen LogP contribution < -0.4 is 0 Å². The maximum Gasteiger partial charge on any atom is 0.333 e. The molecule has 0 aromatic rings. The third-order valence-corrected chi connectivity index (χ3v) is 4.13. The fourth-order valence-electron chi connectivity index (χ4n) is 1.72. The largest absolute Gasteiger partial charge is 0.458 e. The lowest BCUT2D eigenvalue weighted by Crippen LogP contribution is -2.30. The SMILES string of the molecule is C=C(C)C(=O)OC(CC)C1CCCCS1. The van der Waals surface area contributed by atoms with Crippen molar-refractivity contribution < 1.29 is 9.53 Å². The van der Waals surface area contributed by atoms with Crippen LogP contribution in [0, 0.1) is 0 Å². The molecule has 0 radical (unpaired) electrons. The van der Waals surface area contributed by atoms with Gasteiger partial charge in [-0.05, 0) is 31.9 Å². The van der Waals surface area contributed by atoms with E-state index in [0.717, 1.165) is 6.42 Å². The molecule has 0 spiro atoms. The lowest BCUT2D eigenvalue weighted by Gasteiger charge is -2.28.